The summed E-state index contributed by atoms with van der Waals surface area (Å²) in [6.07, 6.45) is 0.509. The number of benzene rings is 2. The maximum Gasteiger partial charge on any atom is 0.234 e. The average molecular weight is 284 g/mol. The molecule has 3 nitrogen and oxygen atoms in total. The Balaban J connectivity index is 2.09. The number of nitrogens with one attached hydrogen (secondary N) is 1. The third-order valence-electron chi connectivity index (χ3n) is 2.98. The molecule has 1 unspecified atom stereocenters. The van der Waals surface area contributed by atoms with E-state index in [1.54, 1.807) is 0 Å². The maximum atomic E-state index is 12.3. The number of para-hydroxylation sites is 1. The first-order chi connectivity index (χ1) is 9.66. The second-order valence-corrected chi connectivity index (χ2v) is 4.97. The first kappa shape index (κ1) is 14.2. The van der Waals surface area contributed by atoms with Crippen molar-refractivity contribution in [1.29, 1.82) is 0 Å². The highest BCUT2D eigenvalue weighted by atomic mass is 32.1. The molecular formula is C16H16N2OS. The van der Waals surface area contributed by atoms with Crippen LogP contribution in [0.25, 0.3) is 0 Å². The van der Waals surface area contributed by atoms with Crippen LogP contribution in [0.2, 0.25) is 0 Å². The lowest BCUT2D eigenvalue weighted by Gasteiger charge is -2.15. The molecule has 0 aliphatic carbocycles. The van der Waals surface area contributed by atoms with Crippen molar-refractivity contribution >= 4 is 28.8 Å². The Morgan fingerprint density at radius 2 is 1.60 bits per heavy atom. The molecule has 3 N–H and O–H groups in total. The zero-order valence-corrected chi connectivity index (χ0v) is 11.8. The molecule has 1 amide bonds. The first-order valence-electron chi connectivity index (χ1n) is 6.36. The number of nitrogens with two attached hydrogens (primary N) is 1. The number of hydrogen-bond donors (Lipinski definition) is 2. The van der Waals surface area contributed by atoms with Crippen molar-refractivity contribution in [3.63, 3.8) is 0 Å². The van der Waals surface area contributed by atoms with Crippen molar-refractivity contribution in [1.82, 2.24) is 0 Å². The third-order valence-corrected chi connectivity index (χ3v) is 3.27. The van der Waals surface area contributed by atoms with Gasteiger partial charge in [-0.1, -0.05) is 60.7 Å². The summed E-state index contributed by atoms with van der Waals surface area (Å²) in [5.74, 6) is -0.680. The fourth-order valence-corrected chi connectivity index (χ4v) is 2.11. The van der Waals surface area contributed by atoms with E-state index in [1.165, 1.54) is 0 Å². The van der Waals surface area contributed by atoms with Gasteiger partial charge in [-0.25, -0.2) is 0 Å². The van der Waals surface area contributed by atoms with Gasteiger partial charge in [0.2, 0.25) is 5.91 Å². The smallest absolute Gasteiger partial charge is 0.234 e. The number of hydrogen-bond acceptors (Lipinski definition) is 2. The molecule has 0 aliphatic heterocycles. The van der Waals surface area contributed by atoms with Gasteiger partial charge in [0.15, 0.2) is 0 Å². The highest BCUT2D eigenvalue weighted by molar-refractivity contribution is 7.80. The predicted molar refractivity (Wildman–Crippen MR) is 85.5 cm³/mol. The number of amides is 1. The lowest BCUT2D eigenvalue weighted by Crippen LogP contribution is -2.34. The summed E-state index contributed by atoms with van der Waals surface area (Å²) in [4.78, 5) is 12.5. The van der Waals surface area contributed by atoms with Crippen LogP contribution in [0.15, 0.2) is 60.7 Å². The molecule has 1 atom stereocenters. The minimum atomic E-state index is -0.507. The molecule has 4 heteroatoms. The van der Waals surface area contributed by atoms with Gasteiger partial charge in [0.1, 0.15) is 0 Å². The van der Waals surface area contributed by atoms with Gasteiger partial charge in [-0.2, -0.15) is 0 Å². The normalized spacial score (nSPS) is 11.6. The van der Waals surface area contributed by atoms with Crippen LogP contribution < -0.4 is 11.1 Å². The van der Waals surface area contributed by atoms with E-state index in [-0.39, 0.29) is 10.9 Å². The molecule has 0 saturated carbocycles. The summed E-state index contributed by atoms with van der Waals surface area (Å²) in [5, 5.41) is 2.84. The van der Waals surface area contributed by atoms with Crippen molar-refractivity contribution < 1.29 is 4.79 Å². The van der Waals surface area contributed by atoms with E-state index in [0.717, 1.165) is 11.3 Å². The Morgan fingerprint density at radius 3 is 2.15 bits per heavy atom. The lowest BCUT2D eigenvalue weighted by molar-refractivity contribution is -0.118. The molecule has 0 saturated heterocycles. The number of anilines is 1. The molecule has 0 aliphatic rings. The monoisotopic (exact) mass is 284 g/mol. The van der Waals surface area contributed by atoms with E-state index in [4.69, 9.17) is 18.0 Å². The van der Waals surface area contributed by atoms with Crippen molar-refractivity contribution in [2.75, 3.05) is 5.32 Å². The molecule has 2 aromatic rings. The second-order valence-electron chi connectivity index (χ2n) is 4.50. The molecule has 0 spiro atoms. The molecule has 20 heavy (non-hydrogen) atoms. The van der Waals surface area contributed by atoms with Crippen LogP contribution in [0, 0.1) is 5.92 Å². The van der Waals surface area contributed by atoms with Crippen LogP contribution in [0.3, 0.4) is 0 Å². The van der Waals surface area contributed by atoms with Gasteiger partial charge >= 0.3 is 0 Å². The zero-order chi connectivity index (χ0) is 14.4. The number of thiocarbonyl (C=S) groups is 1. The summed E-state index contributed by atoms with van der Waals surface area (Å²) in [6, 6.07) is 19.0. The van der Waals surface area contributed by atoms with Crippen molar-refractivity contribution in [3.05, 3.63) is 66.2 Å². The van der Waals surface area contributed by atoms with E-state index in [9.17, 15) is 4.79 Å². The van der Waals surface area contributed by atoms with Gasteiger partial charge in [0.05, 0.1) is 10.9 Å². The number of carbonyl (C=O) groups excluding carboxylic acids is 1. The minimum Gasteiger partial charge on any atom is -0.393 e. The highest BCUT2D eigenvalue weighted by Gasteiger charge is 2.21. The van der Waals surface area contributed by atoms with Crippen LogP contribution in [0.4, 0.5) is 5.69 Å². The Labute approximate surface area is 123 Å². The highest BCUT2D eigenvalue weighted by Crippen LogP contribution is 2.13. The Kier molecular flexibility index (Phi) is 4.85. The van der Waals surface area contributed by atoms with Crippen LogP contribution in [-0.4, -0.2) is 10.9 Å². The molecule has 0 radical (unpaired) electrons. The largest absolute Gasteiger partial charge is 0.393 e. The van der Waals surface area contributed by atoms with Crippen LogP contribution in [-0.2, 0) is 11.2 Å². The lowest BCUT2D eigenvalue weighted by atomic mass is 9.98. The summed E-state index contributed by atoms with van der Waals surface area (Å²) in [5.41, 5.74) is 7.49. The van der Waals surface area contributed by atoms with Crippen molar-refractivity contribution in [3.8, 4) is 0 Å². The van der Waals surface area contributed by atoms with E-state index < -0.39 is 5.92 Å². The predicted octanol–water partition coefficient (Wildman–Crippen LogP) is 2.77. The van der Waals surface area contributed by atoms with Crippen molar-refractivity contribution in [2.45, 2.75) is 6.42 Å². The Hall–Kier alpha value is -2.20. The fraction of sp³-hybridized carbons (Fsp3) is 0.125. The molecular weight excluding hydrogens is 268 g/mol. The third kappa shape index (κ3) is 3.90. The van der Waals surface area contributed by atoms with E-state index in [0.29, 0.717) is 6.42 Å². The standard InChI is InChI=1S/C16H16N2OS/c17-15(20)14(11-12-7-3-1-4-8-12)16(19)18-13-9-5-2-6-10-13/h1-10,14H,11H2,(H2,17,20)(H,18,19). The van der Waals surface area contributed by atoms with Crippen molar-refractivity contribution in [2.24, 2.45) is 11.7 Å². The molecule has 2 rings (SSSR count). The second kappa shape index (κ2) is 6.82. The number of rotatable bonds is 5. The van der Waals surface area contributed by atoms with Gasteiger partial charge in [0.25, 0.3) is 0 Å². The zero-order valence-electron chi connectivity index (χ0n) is 11.0. The molecule has 2 aromatic carbocycles. The topological polar surface area (TPSA) is 55.1 Å². The van der Waals surface area contributed by atoms with Gasteiger partial charge in [0, 0.05) is 5.69 Å². The number of carbonyl (C=O) groups is 1. The van der Waals surface area contributed by atoms with Gasteiger partial charge in [-0.15, -0.1) is 0 Å². The first-order valence-corrected chi connectivity index (χ1v) is 6.77. The quantitative estimate of drug-likeness (QED) is 0.830. The van der Waals surface area contributed by atoms with Gasteiger partial charge < -0.3 is 11.1 Å². The van der Waals surface area contributed by atoms with Gasteiger partial charge in [-0.3, -0.25) is 4.79 Å². The molecule has 0 bridgehead atoms. The fourth-order valence-electron chi connectivity index (χ4n) is 1.92. The maximum absolute atomic E-state index is 12.3. The summed E-state index contributed by atoms with van der Waals surface area (Å²) < 4.78 is 0. The molecule has 0 heterocycles. The summed E-state index contributed by atoms with van der Waals surface area (Å²) in [7, 11) is 0. The average Bonchev–Trinajstić information content (AvgIpc) is 2.46. The molecule has 0 aromatic heterocycles. The van der Waals surface area contributed by atoms with Crippen LogP contribution in [0.1, 0.15) is 5.56 Å². The van der Waals surface area contributed by atoms with E-state index in [2.05, 4.69) is 5.32 Å². The van der Waals surface area contributed by atoms with E-state index in [1.807, 2.05) is 60.7 Å². The van der Waals surface area contributed by atoms with Crippen LogP contribution in [0.5, 0.6) is 0 Å². The summed E-state index contributed by atoms with van der Waals surface area (Å²) in [6.45, 7) is 0. The molecule has 0 fully saturated rings. The van der Waals surface area contributed by atoms with E-state index >= 15 is 0 Å². The Morgan fingerprint density at radius 1 is 1.05 bits per heavy atom. The molecule has 102 valence electrons. The van der Waals surface area contributed by atoms with Crippen LogP contribution >= 0.6 is 12.2 Å². The SMILES string of the molecule is NC(=S)C(Cc1ccccc1)C(=O)Nc1ccccc1. The Bertz CT molecular complexity index is 584. The minimum absolute atomic E-state index is 0.174. The van der Waals surface area contributed by atoms with Gasteiger partial charge in [-0.05, 0) is 24.1 Å². The summed E-state index contributed by atoms with van der Waals surface area (Å²) >= 11 is 5.03.